The fraction of sp³-hybridized carbons (Fsp3) is 0.360. The predicted octanol–water partition coefficient (Wildman–Crippen LogP) is 4.22. The van der Waals surface area contributed by atoms with Crippen molar-refractivity contribution in [1.82, 2.24) is 14.6 Å². The van der Waals surface area contributed by atoms with Crippen LogP contribution in [-0.2, 0) is 16.6 Å². The quantitative estimate of drug-likeness (QED) is 0.611. The Morgan fingerprint density at radius 2 is 1.72 bits per heavy atom. The highest BCUT2D eigenvalue weighted by Gasteiger charge is 2.27. The molecule has 1 aliphatic carbocycles. The largest absolute Gasteiger partial charge is 0.348 e. The number of sulfonamides is 1. The van der Waals surface area contributed by atoms with Crippen molar-refractivity contribution in [2.24, 2.45) is 0 Å². The van der Waals surface area contributed by atoms with Gasteiger partial charge in [0.2, 0.25) is 10.0 Å². The van der Waals surface area contributed by atoms with E-state index in [1.807, 2.05) is 30.3 Å². The molecule has 6 nitrogen and oxygen atoms in total. The summed E-state index contributed by atoms with van der Waals surface area (Å²) in [4.78, 5) is 18.1. The van der Waals surface area contributed by atoms with E-state index in [0.29, 0.717) is 36.0 Å². The summed E-state index contributed by atoms with van der Waals surface area (Å²) in [5, 5.41) is 3.83. The fourth-order valence-corrected chi connectivity index (χ4v) is 5.80. The monoisotopic (exact) mass is 449 g/mol. The van der Waals surface area contributed by atoms with Gasteiger partial charge in [-0.15, -0.1) is 0 Å². The maximum Gasteiger partial charge on any atom is 0.252 e. The van der Waals surface area contributed by atoms with Crippen LogP contribution in [0, 0.1) is 0 Å². The number of para-hydroxylation sites is 1. The maximum absolute atomic E-state index is 13.0. The highest BCUT2D eigenvalue weighted by Crippen LogP contribution is 2.40. The number of rotatable bonds is 6. The summed E-state index contributed by atoms with van der Waals surface area (Å²) in [6, 6.07) is 16.5. The molecule has 1 saturated carbocycles. The van der Waals surface area contributed by atoms with Gasteiger partial charge in [-0.25, -0.2) is 8.42 Å². The molecule has 2 aliphatic rings. The summed E-state index contributed by atoms with van der Waals surface area (Å²) in [6.45, 7) is 1.50. The van der Waals surface area contributed by atoms with Gasteiger partial charge in [-0.05, 0) is 55.5 Å². The van der Waals surface area contributed by atoms with Crippen LogP contribution < -0.4 is 5.32 Å². The third kappa shape index (κ3) is 4.27. The number of benzene rings is 2. The second kappa shape index (κ2) is 8.64. The lowest BCUT2D eigenvalue weighted by Gasteiger charge is -2.25. The van der Waals surface area contributed by atoms with Gasteiger partial charge >= 0.3 is 0 Å². The number of piperidine rings is 1. The number of carbonyl (C=O) groups excluding carboxylic acids is 1. The molecule has 7 heteroatoms. The van der Waals surface area contributed by atoms with E-state index in [4.69, 9.17) is 4.98 Å². The van der Waals surface area contributed by atoms with E-state index in [1.54, 1.807) is 28.6 Å². The number of hydrogen-bond acceptors (Lipinski definition) is 4. The van der Waals surface area contributed by atoms with Gasteiger partial charge in [0.15, 0.2) is 0 Å². The number of nitrogens with zero attached hydrogens (tertiary/aromatic N) is 2. The minimum absolute atomic E-state index is 0.143. The van der Waals surface area contributed by atoms with Crippen molar-refractivity contribution < 1.29 is 13.2 Å². The molecule has 2 fully saturated rings. The Morgan fingerprint density at radius 3 is 2.44 bits per heavy atom. The Labute approximate surface area is 188 Å². The fourth-order valence-electron chi connectivity index (χ4n) is 4.28. The standard InChI is InChI=1S/C25H27N3O3S/c29-25(22-16-24(19-10-11-19)27-23-7-3-2-6-21(22)23)26-17-18-8-12-20(13-9-18)32(30,31)28-14-4-1-5-15-28/h2-3,6-9,12-13,16,19H,1,4-5,10-11,14-15,17H2,(H,26,29). The maximum atomic E-state index is 13.0. The lowest BCUT2D eigenvalue weighted by Crippen LogP contribution is -2.35. The molecule has 1 aromatic heterocycles. The number of fused-ring (bicyclic) bond motifs is 1. The van der Waals surface area contributed by atoms with Crippen LogP contribution in [0.25, 0.3) is 10.9 Å². The first-order chi connectivity index (χ1) is 15.5. The van der Waals surface area contributed by atoms with Gasteiger partial charge in [-0.1, -0.05) is 36.8 Å². The van der Waals surface area contributed by atoms with Crippen molar-refractivity contribution in [2.45, 2.75) is 49.5 Å². The normalized spacial score (nSPS) is 17.4. The number of pyridine rings is 1. The molecular weight excluding hydrogens is 422 g/mol. The van der Waals surface area contributed by atoms with Crippen molar-refractivity contribution >= 4 is 26.8 Å². The second-order valence-corrected chi connectivity index (χ2v) is 10.6. The summed E-state index contributed by atoms with van der Waals surface area (Å²) >= 11 is 0. The zero-order valence-corrected chi connectivity index (χ0v) is 18.8. The Balaban J connectivity index is 1.30. The second-order valence-electron chi connectivity index (χ2n) is 8.68. The van der Waals surface area contributed by atoms with Crippen molar-refractivity contribution in [2.75, 3.05) is 13.1 Å². The number of aromatic nitrogens is 1. The molecule has 1 aliphatic heterocycles. The molecule has 166 valence electrons. The van der Waals surface area contributed by atoms with E-state index in [-0.39, 0.29) is 5.91 Å². The van der Waals surface area contributed by atoms with Crippen molar-refractivity contribution in [3.63, 3.8) is 0 Å². The van der Waals surface area contributed by atoms with Crippen LogP contribution in [0.2, 0.25) is 0 Å². The molecule has 0 radical (unpaired) electrons. The Morgan fingerprint density at radius 1 is 1.00 bits per heavy atom. The summed E-state index contributed by atoms with van der Waals surface area (Å²) in [7, 11) is -3.45. The van der Waals surface area contributed by atoms with Gasteiger partial charge in [-0.2, -0.15) is 4.31 Å². The topological polar surface area (TPSA) is 79.4 Å². The first kappa shape index (κ1) is 21.1. The first-order valence-corrected chi connectivity index (χ1v) is 12.7. The van der Waals surface area contributed by atoms with Gasteiger partial charge in [0.05, 0.1) is 16.0 Å². The molecule has 32 heavy (non-hydrogen) atoms. The zero-order valence-electron chi connectivity index (χ0n) is 18.0. The number of amides is 1. The molecule has 0 atom stereocenters. The van der Waals surface area contributed by atoms with Crippen LogP contribution in [0.3, 0.4) is 0 Å². The summed E-state index contributed by atoms with van der Waals surface area (Å²) < 4.78 is 27.2. The minimum atomic E-state index is -3.45. The van der Waals surface area contributed by atoms with E-state index in [1.165, 1.54) is 0 Å². The van der Waals surface area contributed by atoms with Crippen LogP contribution in [-0.4, -0.2) is 36.7 Å². The molecule has 1 amide bonds. The van der Waals surface area contributed by atoms with Crippen LogP contribution in [0.4, 0.5) is 0 Å². The van der Waals surface area contributed by atoms with Crippen LogP contribution >= 0.6 is 0 Å². The van der Waals surface area contributed by atoms with Gasteiger partial charge in [0, 0.05) is 36.6 Å². The van der Waals surface area contributed by atoms with Crippen molar-refractivity contribution in [3.05, 3.63) is 71.4 Å². The molecular formula is C25H27N3O3S. The third-order valence-corrected chi connectivity index (χ3v) is 8.22. The molecule has 5 rings (SSSR count). The van der Waals surface area contributed by atoms with E-state index in [9.17, 15) is 13.2 Å². The molecule has 2 aromatic carbocycles. The average molecular weight is 450 g/mol. The summed E-state index contributed by atoms with van der Waals surface area (Å²) in [5.41, 5.74) is 3.33. The first-order valence-electron chi connectivity index (χ1n) is 11.3. The smallest absolute Gasteiger partial charge is 0.252 e. The molecule has 1 N–H and O–H groups in total. The van der Waals surface area contributed by atoms with Gasteiger partial charge in [0.25, 0.3) is 5.91 Å². The van der Waals surface area contributed by atoms with E-state index < -0.39 is 10.0 Å². The van der Waals surface area contributed by atoms with E-state index in [0.717, 1.165) is 54.3 Å². The highest BCUT2D eigenvalue weighted by molar-refractivity contribution is 7.89. The molecule has 0 unspecified atom stereocenters. The third-order valence-electron chi connectivity index (χ3n) is 6.31. The summed E-state index contributed by atoms with van der Waals surface area (Å²) in [6.07, 6.45) is 5.16. The zero-order chi connectivity index (χ0) is 22.1. The van der Waals surface area contributed by atoms with Crippen molar-refractivity contribution in [3.8, 4) is 0 Å². The number of hydrogen-bond donors (Lipinski definition) is 1. The molecule has 2 heterocycles. The molecule has 0 bridgehead atoms. The SMILES string of the molecule is O=C(NCc1ccc(S(=O)(=O)N2CCCCC2)cc1)c1cc(C2CC2)nc2ccccc12. The summed E-state index contributed by atoms with van der Waals surface area (Å²) in [5.74, 6) is 0.316. The van der Waals surface area contributed by atoms with Gasteiger partial charge in [0.1, 0.15) is 0 Å². The lowest BCUT2D eigenvalue weighted by atomic mass is 10.1. The van der Waals surface area contributed by atoms with Crippen molar-refractivity contribution in [1.29, 1.82) is 0 Å². The van der Waals surface area contributed by atoms with Gasteiger partial charge < -0.3 is 5.32 Å². The van der Waals surface area contributed by atoms with Crippen LogP contribution in [0.5, 0.6) is 0 Å². The molecule has 1 saturated heterocycles. The average Bonchev–Trinajstić information content (AvgIpc) is 3.68. The Hall–Kier alpha value is -2.77. The van der Waals surface area contributed by atoms with Gasteiger partial charge in [-0.3, -0.25) is 9.78 Å². The highest BCUT2D eigenvalue weighted by atomic mass is 32.2. The van der Waals surface area contributed by atoms with E-state index in [2.05, 4.69) is 5.32 Å². The lowest BCUT2D eigenvalue weighted by molar-refractivity contribution is 0.0952. The van der Waals surface area contributed by atoms with Crippen LogP contribution in [0.15, 0.2) is 59.5 Å². The molecule has 0 spiro atoms. The number of carbonyl (C=O) groups is 1. The number of nitrogens with one attached hydrogen (secondary N) is 1. The minimum Gasteiger partial charge on any atom is -0.348 e. The Kier molecular flexibility index (Phi) is 5.69. The molecule has 3 aromatic rings. The Bertz CT molecular complexity index is 1250. The van der Waals surface area contributed by atoms with Crippen LogP contribution in [0.1, 0.15) is 59.6 Å². The van der Waals surface area contributed by atoms with E-state index >= 15 is 0 Å². The predicted molar refractivity (Wildman–Crippen MR) is 124 cm³/mol.